The maximum atomic E-state index is 13.1. The Kier molecular flexibility index (Phi) is 6.86. The molecule has 160 valence electrons. The van der Waals surface area contributed by atoms with Crippen LogP contribution in [0.3, 0.4) is 0 Å². The number of anilines is 1. The normalized spacial score (nSPS) is 20.1. The molecule has 0 N–H and O–H groups in total. The van der Waals surface area contributed by atoms with Gasteiger partial charge in [-0.1, -0.05) is 11.2 Å². The molecule has 30 heavy (non-hydrogen) atoms. The topological polar surface area (TPSA) is 48.4 Å². The van der Waals surface area contributed by atoms with Gasteiger partial charge in [0.15, 0.2) is 0 Å². The Morgan fingerprint density at radius 1 is 1.10 bits per heavy atom. The first kappa shape index (κ1) is 21.1. The van der Waals surface area contributed by atoms with Crippen LogP contribution in [0.4, 0.5) is 10.1 Å². The van der Waals surface area contributed by atoms with E-state index >= 15 is 0 Å². The summed E-state index contributed by atoms with van der Waals surface area (Å²) in [7, 11) is 1.63. The molecule has 0 saturated carbocycles. The smallest absolute Gasteiger partial charge is 0.135 e. The fourth-order valence-electron chi connectivity index (χ4n) is 4.15. The minimum Gasteiger partial charge on any atom is -0.496 e. The molecule has 0 spiro atoms. The molecule has 0 radical (unpaired) electrons. The van der Waals surface area contributed by atoms with Gasteiger partial charge in [-0.15, -0.1) is 0 Å². The molecule has 0 bridgehead atoms. The molecule has 2 aliphatic heterocycles. The molecule has 2 aromatic carbocycles. The van der Waals surface area contributed by atoms with E-state index in [9.17, 15) is 9.30 Å². The lowest BCUT2D eigenvalue weighted by Crippen LogP contribution is -2.47. The molecular formula is C22H27FN4O2S. The van der Waals surface area contributed by atoms with E-state index < -0.39 is 6.04 Å². The van der Waals surface area contributed by atoms with Crippen LogP contribution >= 0.6 is 11.9 Å². The summed E-state index contributed by atoms with van der Waals surface area (Å²) in [4.78, 5) is 17.3. The van der Waals surface area contributed by atoms with Crippen LogP contribution in [0.2, 0.25) is 0 Å². The van der Waals surface area contributed by atoms with Crippen LogP contribution in [0.25, 0.3) is 0 Å². The van der Waals surface area contributed by atoms with Crippen LogP contribution in [0.15, 0.2) is 52.5 Å². The molecule has 8 heteroatoms. The number of piperazine rings is 1. The zero-order chi connectivity index (χ0) is 20.9. The Labute approximate surface area is 181 Å². The van der Waals surface area contributed by atoms with E-state index in [0.717, 1.165) is 67.6 Å². The Bertz CT molecular complexity index is 859. The predicted molar refractivity (Wildman–Crippen MR) is 119 cm³/mol. The summed E-state index contributed by atoms with van der Waals surface area (Å²) >= 11 is 1.69. The molecule has 2 aromatic rings. The molecule has 4 rings (SSSR count). The van der Waals surface area contributed by atoms with E-state index in [-0.39, 0.29) is 5.82 Å². The summed E-state index contributed by atoms with van der Waals surface area (Å²) < 4.78 is 20.8. The lowest BCUT2D eigenvalue weighted by molar-refractivity contribution is 0.246. The van der Waals surface area contributed by atoms with Crippen molar-refractivity contribution >= 4 is 17.6 Å². The Morgan fingerprint density at radius 2 is 1.87 bits per heavy atom. The summed E-state index contributed by atoms with van der Waals surface area (Å²) in [5.74, 6) is 0.546. The number of methoxy groups -OCH3 is 1. The number of nitrogens with zero attached hydrogens (tertiary/aromatic N) is 4. The summed E-state index contributed by atoms with van der Waals surface area (Å²) in [5, 5.41) is 3.36. The third-order valence-corrected chi connectivity index (χ3v) is 6.90. The fraction of sp³-hybridized carbons (Fsp3) is 0.455. The second-order valence-corrected chi connectivity index (χ2v) is 8.77. The van der Waals surface area contributed by atoms with Crippen molar-refractivity contribution in [1.82, 2.24) is 9.21 Å². The number of hydrogen-bond acceptors (Lipinski definition) is 7. The van der Waals surface area contributed by atoms with E-state index in [4.69, 9.17) is 4.74 Å². The summed E-state index contributed by atoms with van der Waals surface area (Å²) in [6.07, 6.45) is 1.04. The van der Waals surface area contributed by atoms with Crippen molar-refractivity contribution in [2.45, 2.75) is 17.4 Å². The predicted octanol–water partition coefficient (Wildman–Crippen LogP) is 4.18. The number of rotatable bonds is 7. The van der Waals surface area contributed by atoms with Crippen molar-refractivity contribution in [3.8, 4) is 5.75 Å². The van der Waals surface area contributed by atoms with Gasteiger partial charge in [0.2, 0.25) is 0 Å². The first-order valence-corrected chi connectivity index (χ1v) is 11.1. The lowest BCUT2D eigenvalue weighted by atomic mass is 10.1. The summed E-state index contributed by atoms with van der Waals surface area (Å²) in [5.41, 5.74) is 2.00. The third-order valence-electron chi connectivity index (χ3n) is 5.76. The Balaban J connectivity index is 1.25. The molecule has 0 aliphatic carbocycles. The Morgan fingerprint density at radius 3 is 2.57 bits per heavy atom. The number of hydrogen-bond donors (Lipinski definition) is 0. The van der Waals surface area contributed by atoms with Crippen molar-refractivity contribution in [3.63, 3.8) is 0 Å². The van der Waals surface area contributed by atoms with Gasteiger partial charge in [0.1, 0.15) is 17.6 Å². The van der Waals surface area contributed by atoms with Crippen molar-refractivity contribution in [2.24, 2.45) is 5.18 Å². The van der Waals surface area contributed by atoms with Gasteiger partial charge in [-0.3, -0.25) is 4.90 Å². The van der Waals surface area contributed by atoms with Crippen molar-refractivity contribution in [1.29, 1.82) is 0 Å². The summed E-state index contributed by atoms with van der Waals surface area (Å²) in [6.45, 7) is 6.46. The average molecular weight is 431 g/mol. The van der Waals surface area contributed by atoms with Crippen LogP contribution in [0.5, 0.6) is 5.75 Å². The lowest BCUT2D eigenvalue weighted by Gasteiger charge is -2.36. The maximum absolute atomic E-state index is 13.1. The monoisotopic (exact) mass is 430 g/mol. The minimum absolute atomic E-state index is 0.193. The van der Waals surface area contributed by atoms with E-state index in [2.05, 4.69) is 19.3 Å². The van der Waals surface area contributed by atoms with Gasteiger partial charge in [0.05, 0.1) is 7.11 Å². The molecule has 6 nitrogen and oxygen atoms in total. The minimum atomic E-state index is -0.392. The highest BCUT2D eigenvalue weighted by Crippen LogP contribution is 2.43. The molecular weight excluding hydrogens is 403 g/mol. The molecule has 1 saturated heterocycles. The molecule has 2 aliphatic rings. The van der Waals surface area contributed by atoms with E-state index in [0.29, 0.717) is 6.54 Å². The second-order valence-electron chi connectivity index (χ2n) is 7.63. The number of halogens is 1. The first-order chi connectivity index (χ1) is 14.7. The van der Waals surface area contributed by atoms with Crippen molar-refractivity contribution < 1.29 is 9.13 Å². The fourth-order valence-corrected chi connectivity index (χ4v) is 5.33. The molecule has 1 fully saturated rings. The zero-order valence-corrected chi connectivity index (χ0v) is 18.0. The van der Waals surface area contributed by atoms with Crippen LogP contribution < -0.4 is 9.64 Å². The van der Waals surface area contributed by atoms with Crippen LogP contribution in [0.1, 0.15) is 18.0 Å². The van der Waals surface area contributed by atoms with Gasteiger partial charge < -0.3 is 9.64 Å². The van der Waals surface area contributed by atoms with E-state index in [1.165, 1.54) is 12.1 Å². The van der Waals surface area contributed by atoms with Gasteiger partial charge in [0, 0.05) is 55.4 Å². The average Bonchev–Trinajstić information content (AvgIpc) is 2.79. The number of benzene rings is 2. The first-order valence-electron chi connectivity index (χ1n) is 10.3. The standard InChI is InChI=1S/C22H27FN4O2S/c1-29-20-4-2-5-21-22(20)19(24-28)16-27(30-21)11-3-10-25-12-14-26(15-13-25)18-8-6-17(23)7-9-18/h2,4-9,19H,3,10-16H2,1H3. The molecule has 0 aromatic heterocycles. The number of fused-ring (bicyclic) bond motifs is 1. The quantitative estimate of drug-likeness (QED) is 0.485. The molecule has 0 amide bonds. The molecule has 1 atom stereocenters. The second kappa shape index (κ2) is 9.76. The number of nitroso groups, excluding NO2 is 1. The molecule has 1 unspecified atom stereocenters. The number of ether oxygens (including phenoxy) is 1. The highest BCUT2D eigenvalue weighted by molar-refractivity contribution is 7.97. The third kappa shape index (κ3) is 4.77. The van der Waals surface area contributed by atoms with Gasteiger partial charge in [-0.05, 0) is 61.3 Å². The summed E-state index contributed by atoms with van der Waals surface area (Å²) in [6, 6.07) is 12.2. The zero-order valence-electron chi connectivity index (χ0n) is 17.2. The van der Waals surface area contributed by atoms with Gasteiger partial charge in [-0.2, -0.15) is 4.91 Å². The van der Waals surface area contributed by atoms with E-state index in [1.807, 2.05) is 30.3 Å². The highest BCUT2D eigenvalue weighted by atomic mass is 32.2. The largest absolute Gasteiger partial charge is 0.496 e. The van der Waals surface area contributed by atoms with Crippen LogP contribution in [0, 0.1) is 10.7 Å². The maximum Gasteiger partial charge on any atom is 0.135 e. The SMILES string of the molecule is COc1cccc2c1C(N=O)CN(CCCN1CCN(c3ccc(F)cc3)CC1)S2. The Hall–Kier alpha value is -2.16. The van der Waals surface area contributed by atoms with Crippen LogP contribution in [-0.2, 0) is 0 Å². The van der Waals surface area contributed by atoms with Gasteiger partial charge in [0.25, 0.3) is 0 Å². The van der Waals surface area contributed by atoms with Gasteiger partial charge >= 0.3 is 0 Å². The molecule has 2 heterocycles. The highest BCUT2D eigenvalue weighted by Gasteiger charge is 2.30. The van der Waals surface area contributed by atoms with Gasteiger partial charge in [-0.25, -0.2) is 8.70 Å². The van der Waals surface area contributed by atoms with Crippen LogP contribution in [-0.4, -0.2) is 62.1 Å². The van der Waals surface area contributed by atoms with Crippen molar-refractivity contribution in [3.05, 3.63) is 58.8 Å². The van der Waals surface area contributed by atoms with E-state index in [1.54, 1.807) is 19.1 Å². The van der Waals surface area contributed by atoms with Crippen molar-refractivity contribution in [2.75, 3.05) is 57.8 Å².